The first-order valence-corrected chi connectivity index (χ1v) is 10.7. The Bertz CT molecular complexity index is 1100. The highest BCUT2D eigenvalue weighted by molar-refractivity contribution is 7.89. The molecule has 2 aromatic carbocycles. The van der Waals surface area contributed by atoms with E-state index in [1.165, 1.54) is 30.5 Å². The number of hydrogen-bond acceptors (Lipinski definition) is 5. The zero-order valence-corrected chi connectivity index (χ0v) is 17.1. The lowest BCUT2D eigenvalue weighted by atomic mass is 10.0. The number of rotatable bonds is 7. The van der Waals surface area contributed by atoms with Crippen LogP contribution in [0.2, 0.25) is 5.02 Å². The van der Waals surface area contributed by atoms with Gasteiger partial charge in [-0.2, -0.15) is 0 Å². The fourth-order valence-corrected chi connectivity index (χ4v) is 3.98. The van der Waals surface area contributed by atoms with Gasteiger partial charge in [-0.25, -0.2) is 13.1 Å². The third-order valence-corrected chi connectivity index (χ3v) is 5.81. The van der Waals surface area contributed by atoms with Gasteiger partial charge in [0, 0.05) is 11.4 Å². The maximum absolute atomic E-state index is 12.7. The van der Waals surface area contributed by atoms with Gasteiger partial charge >= 0.3 is 5.91 Å². The molecule has 0 spiro atoms. The second kappa shape index (κ2) is 9.57. The summed E-state index contributed by atoms with van der Waals surface area (Å²) in [6, 6.07) is 16.3. The van der Waals surface area contributed by atoms with Gasteiger partial charge in [-0.15, -0.1) is 0 Å². The molecule has 0 saturated carbocycles. The van der Waals surface area contributed by atoms with Gasteiger partial charge in [-0.05, 0) is 42.0 Å². The van der Waals surface area contributed by atoms with Crippen LogP contribution in [0.5, 0.6) is 0 Å². The van der Waals surface area contributed by atoms with E-state index in [0.29, 0.717) is 10.6 Å². The van der Waals surface area contributed by atoms with Crippen LogP contribution >= 0.6 is 11.6 Å². The number of halogens is 1. The maximum atomic E-state index is 12.7. The zero-order valence-electron chi connectivity index (χ0n) is 15.5. The predicted octanol–water partition coefficient (Wildman–Crippen LogP) is 2.80. The van der Waals surface area contributed by atoms with Gasteiger partial charge in [-0.3, -0.25) is 20.4 Å². The van der Waals surface area contributed by atoms with Crippen LogP contribution in [0, 0.1) is 0 Å². The molecule has 0 aliphatic carbocycles. The van der Waals surface area contributed by atoms with Crippen molar-refractivity contribution in [2.75, 3.05) is 0 Å². The average Bonchev–Trinajstić information content (AvgIpc) is 3.28. The molecule has 2 amide bonds. The Labute approximate surface area is 178 Å². The Kier molecular flexibility index (Phi) is 6.88. The number of amides is 2. The van der Waals surface area contributed by atoms with Crippen LogP contribution in [0.15, 0.2) is 82.3 Å². The number of sulfonamides is 1. The van der Waals surface area contributed by atoms with Crippen LogP contribution in [-0.4, -0.2) is 20.2 Å². The number of hydrogen-bond donors (Lipinski definition) is 3. The van der Waals surface area contributed by atoms with Gasteiger partial charge in [-0.1, -0.05) is 41.9 Å². The van der Waals surface area contributed by atoms with Gasteiger partial charge < -0.3 is 4.42 Å². The summed E-state index contributed by atoms with van der Waals surface area (Å²) >= 11 is 5.91. The standard InChI is InChI=1S/C20H18ClN3O5S/c21-15-10-8-14(9-11-15)17(24-30(27,28)16-5-2-1-3-6-16)13-19(25)22-23-20(26)18-7-4-12-29-18/h1-12,17,24H,13H2,(H,22,25)(H,23,26). The van der Waals surface area contributed by atoms with Crippen molar-refractivity contribution in [1.82, 2.24) is 15.6 Å². The smallest absolute Gasteiger partial charge is 0.305 e. The van der Waals surface area contributed by atoms with Crippen molar-refractivity contribution in [2.45, 2.75) is 17.4 Å². The molecular weight excluding hydrogens is 430 g/mol. The summed E-state index contributed by atoms with van der Waals surface area (Å²) in [6.07, 6.45) is 1.05. The summed E-state index contributed by atoms with van der Waals surface area (Å²) in [6.45, 7) is 0. The van der Waals surface area contributed by atoms with E-state index in [-0.39, 0.29) is 17.1 Å². The predicted molar refractivity (Wildman–Crippen MR) is 110 cm³/mol. The van der Waals surface area contributed by atoms with Crippen molar-refractivity contribution in [3.05, 3.63) is 89.3 Å². The molecule has 0 aliphatic rings. The first-order chi connectivity index (χ1) is 14.3. The van der Waals surface area contributed by atoms with E-state index in [0.717, 1.165) is 0 Å². The van der Waals surface area contributed by atoms with E-state index in [2.05, 4.69) is 15.6 Å². The van der Waals surface area contributed by atoms with Gasteiger partial charge in [0.15, 0.2) is 5.76 Å². The molecule has 0 saturated heterocycles. The summed E-state index contributed by atoms with van der Waals surface area (Å²) in [5, 5.41) is 0.471. The molecule has 1 heterocycles. The van der Waals surface area contributed by atoms with E-state index in [1.807, 2.05) is 0 Å². The van der Waals surface area contributed by atoms with E-state index >= 15 is 0 Å². The Morgan fingerprint density at radius 1 is 0.933 bits per heavy atom. The molecule has 3 aromatic rings. The van der Waals surface area contributed by atoms with Crippen molar-refractivity contribution in [2.24, 2.45) is 0 Å². The Morgan fingerprint density at radius 2 is 1.63 bits per heavy atom. The van der Waals surface area contributed by atoms with Gasteiger partial charge in [0.25, 0.3) is 0 Å². The molecular formula is C20H18ClN3O5S. The minimum Gasteiger partial charge on any atom is -0.459 e. The number of benzene rings is 2. The van der Waals surface area contributed by atoms with Crippen molar-refractivity contribution < 1.29 is 22.4 Å². The Balaban J connectivity index is 1.73. The highest BCUT2D eigenvalue weighted by Crippen LogP contribution is 2.22. The second-order valence-corrected chi connectivity index (χ2v) is 8.37. The topological polar surface area (TPSA) is 118 Å². The minimum atomic E-state index is -3.90. The third-order valence-electron chi connectivity index (χ3n) is 4.07. The lowest BCUT2D eigenvalue weighted by Crippen LogP contribution is -2.43. The third kappa shape index (κ3) is 5.69. The SMILES string of the molecule is O=C(CC(NS(=O)(=O)c1ccccc1)c1ccc(Cl)cc1)NNC(=O)c1ccco1. The van der Waals surface area contributed by atoms with E-state index in [9.17, 15) is 18.0 Å². The monoisotopic (exact) mass is 447 g/mol. The van der Waals surface area contributed by atoms with E-state index in [4.69, 9.17) is 16.0 Å². The first kappa shape index (κ1) is 21.6. The fourth-order valence-electron chi connectivity index (χ4n) is 2.61. The lowest BCUT2D eigenvalue weighted by Gasteiger charge is -2.19. The largest absolute Gasteiger partial charge is 0.459 e. The zero-order chi connectivity index (χ0) is 21.6. The molecule has 30 heavy (non-hydrogen) atoms. The van der Waals surface area contributed by atoms with Crippen LogP contribution in [0.1, 0.15) is 28.6 Å². The summed E-state index contributed by atoms with van der Waals surface area (Å²) in [4.78, 5) is 24.3. The van der Waals surface area contributed by atoms with Crippen molar-refractivity contribution in [1.29, 1.82) is 0 Å². The van der Waals surface area contributed by atoms with Crippen LogP contribution in [0.4, 0.5) is 0 Å². The van der Waals surface area contributed by atoms with Crippen LogP contribution in [-0.2, 0) is 14.8 Å². The van der Waals surface area contributed by atoms with Gasteiger partial charge in [0.1, 0.15) is 0 Å². The molecule has 8 nitrogen and oxygen atoms in total. The normalized spacial score (nSPS) is 12.2. The minimum absolute atomic E-state index is 0.0225. The van der Waals surface area contributed by atoms with Crippen molar-refractivity contribution >= 4 is 33.4 Å². The second-order valence-electron chi connectivity index (χ2n) is 6.22. The number of carbonyl (C=O) groups excluding carboxylic acids is 2. The quantitative estimate of drug-likeness (QED) is 0.481. The molecule has 0 bridgehead atoms. The first-order valence-electron chi connectivity index (χ1n) is 8.81. The van der Waals surface area contributed by atoms with E-state index in [1.54, 1.807) is 42.5 Å². The highest BCUT2D eigenvalue weighted by atomic mass is 35.5. The number of nitrogens with one attached hydrogen (secondary N) is 3. The Morgan fingerprint density at radius 3 is 2.27 bits per heavy atom. The molecule has 156 valence electrons. The van der Waals surface area contributed by atoms with Crippen molar-refractivity contribution in [3.63, 3.8) is 0 Å². The highest BCUT2D eigenvalue weighted by Gasteiger charge is 2.24. The molecule has 0 radical (unpaired) electrons. The van der Waals surface area contributed by atoms with E-state index < -0.39 is 27.9 Å². The number of carbonyl (C=O) groups is 2. The molecule has 1 unspecified atom stereocenters. The summed E-state index contributed by atoms with van der Waals surface area (Å²) < 4.78 is 32.9. The van der Waals surface area contributed by atoms with Crippen molar-refractivity contribution in [3.8, 4) is 0 Å². The van der Waals surface area contributed by atoms with Crippen LogP contribution < -0.4 is 15.6 Å². The molecule has 3 N–H and O–H groups in total. The molecule has 10 heteroatoms. The molecule has 0 aliphatic heterocycles. The van der Waals surface area contributed by atoms with Gasteiger partial charge in [0.05, 0.1) is 17.2 Å². The summed E-state index contributed by atoms with van der Waals surface area (Å²) in [5.74, 6) is -1.22. The van der Waals surface area contributed by atoms with Crippen LogP contribution in [0.25, 0.3) is 0 Å². The lowest BCUT2D eigenvalue weighted by molar-refractivity contribution is -0.122. The fraction of sp³-hybridized carbons (Fsp3) is 0.100. The average molecular weight is 448 g/mol. The van der Waals surface area contributed by atoms with Gasteiger partial charge in [0.2, 0.25) is 15.9 Å². The molecule has 0 fully saturated rings. The van der Waals surface area contributed by atoms with Crippen LogP contribution in [0.3, 0.4) is 0 Å². The molecule has 3 rings (SSSR count). The summed E-state index contributed by atoms with van der Waals surface area (Å²) in [7, 11) is -3.90. The maximum Gasteiger partial charge on any atom is 0.305 e. The number of hydrazine groups is 1. The Hall–Kier alpha value is -3.14. The molecule has 1 aromatic heterocycles. The molecule has 1 atom stereocenters. The number of furan rings is 1. The summed E-state index contributed by atoms with van der Waals surface area (Å²) in [5.41, 5.74) is 5.00.